The number of nitrogens with one attached hydrogen (secondary N) is 2. The van der Waals surface area contributed by atoms with Gasteiger partial charge in [0, 0.05) is 18.3 Å². The van der Waals surface area contributed by atoms with Gasteiger partial charge in [0.15, 0.2) is 11.0 Å². The van der Waals surface area contributed by atoms with E-state index in [4.69, 9.17) is 0 Å². The van der Waals surface area contributed by atoms with Crippen molar-refractivity contribution in [3.05, 3.63) is 70.5 Å². The SMILES string of the molecule is Cc1ccc(C(=O)N[C@@H](C)c2nnc(SCC(=O)Nc3cc(C)ccc3C)n2C)cc1. The van der Waals surface area contributed by atoms with Crippen LogP contribution >= 0.6 is 11.8 Å². The Morgan fingerprint density at radius 1 is 1.03 bits per heavy atom. The molecule has 2 aromatic carbocycles. The van der Waals surface area contributed by atoms with Gasteiger partial charge in [0.25, 0.3) is 5.91 Å². The van der Waals surface area contributed by atoms with Gasteiger partial charge in [-0.15, -0.1) is 10.2 Å². The zero-order valence-corrected chi connectivity index (χ0v) is 19.2. The Morgan fingerprint density at radius 2 is 1.71 bits per heavy atom. The molecule has 2 N–H and O–H groups in total. The van der Waals surface area contributed by atoms with Crippen molar-refractivity contribution in [2.24, 2.45) is 7.05 Å². The summed E-state index contributed by atoms with van der Waals surface area (Å²) in [6.45, 7) is 7.79. The van der Waals surface area contributed by atoms with E-state index in [0.29, 0.717) is 16.5 Å². The molecule has 0 saturated carbocycles. The van der Waals surface area contributed by atoms with E-state index < -0.39 is 0 Å². The van der Waals surface area contributed by atoms with Crippen LogP contribution in [-0.2, 0) is 11.8 Å². The highest BCUT2D eigenvalue weighted by molar-refractivity contribution is 7.99. The fourth-order valence-electron chi connectivity index (χ4n) is 3.07. The summed E-state index contributed by atoms with van der Waals surface area (Å²) in [7, 11) is 1.83. The van der Waals surface area contributed by atoms with Crippen molar-refractivity contribution in [2.45, 2.75) is 38.9 Å². The highest BCUT2D eigenvalue weighted by Crippen LogP contribution is 2.21. The number of benzene rings is 2. The van der Waals surface area contributed by atoms with E-state index in [9.17, 15) is 9.59 Å². The molecule has 1 atom stereocenters. The monoisotopic (exact) mass is 437 g/mol. The van der Waals surface area contributed by atoms with E-state index in [1.807, 2.05) is 65.1 Å². The summed E-state index contributed by atoms with van der Waals surface area (Å²) < 4.78 is 1.80. The van der Waals surface area contributed by atoms with Crippen molar-refractivity contribution in [2.75, 3.05) is 11.1 Å². The van der Waals surface area contributed by atoms with Crippen molar-refractivity contribution in [1.29, 1.82) is 0 Å². The first-order valence-electron chi connectivity index (χ1n) is 10.0. The highest BCUT2D eigenvalue weighted by Gasteiger charge is 2.19. The third kappa shape index (κ3) is 5.73. The number of aryl methyl sites for hydroxylation is 3. The Bertz CT molecular complexity index is 1090. The maximum absolute atomic E-state index is 12.5. The molecule has 0 radical (unpaired) electrons. The van der Waals surface area contributed by atoms with Gasteiger partial charge in [-0.2, -0.15) is 0 Å². The minimum atomic E-state index is -0.329. The number of hydrogen-bond acceptors (Lipinski definition) is 5. The lowest BCUT2D eigenvalue weighted by Gasteiger charge is -2.14. The summed E-state index contributed by atoms with van der Waals surface area (Å²) in [6.07, 6.45) is 0. The summed E-state index contributed by atoms with van der Waals surface area (Å²) in [4.78, 5) is 24.9. The van der Waals surface area contributed by atoms with Gasteiger partial charge < -0.3 is 15.2 Å². The number of aromatic nitrogens is 3. The minimum absolute atomic E-state index is 0.107. The fraction of sp³-hybridized carbons (Fsp3) is 0.304. The second kappa shape index (κ2) is 9.78. The van der Waals surface area contributed by atoms with E-state index >= 15 is 0 Å². The predicted molar refractivity (Wildman–Crippen MR) is 123 cm³/mol. The maximum Gasteiger partial charge on any atom is 0.251 e. The number of rotatable bonds is 7. The van der Waals surface area contributed by atoms with Crippen LogP contribution in [0.4, 0.5) is 5.69 Å². The average Bonchev–Trinajstić information content (AvgIpc) is 3.10. The second-order valence-corrected chi connectivity index (χ2v) is 8.56. The maximum atomic E-state index is 12.5. The standard InChI is InChI=1S/C23H27N5O2S/c1-14-7-10-18(11-8-14)22(30)24-17(4)21-26-27-23(28(21)5)31-13-20(29)25-19-12-15(2)6-9-16(19)3/h6-12,17H,13H2,1-5H3,(H,24,30)(H,25,29)/t17-/m0/s1. The van der Waals surface area contributed by atoms with E-state index in [1.54, 1.807) is 16.7 Å². The zero-order valence-electron chi connectivity index (χ0n) is 18.4. The molecule has 0 fully saturated rings. The lowest BCUT2D eigenvalue weighted by Crippen LogP contribution is -2.28. The Balaban J connectivity index is 1.59. The molecule has 0 aliphatic heterocycles. The van der Waals surface area contributed by atoms with E-state index in [2.05, 4.69) is 20.8 Å². The van der Waals surface area contributed by atoms with Crippen LogP contribution in [0.2, 0.25) is 0 Å². The molecule has 0 spiro atoms. The Labute approximate surface area is 186 Å². The molecule has 0 aliphatic rings. The number of carbonyl (C=O) groups is 2. The van der Waals surface area contributed by atoms with Crippen molar-refractivity contribution < 1.29 is 9.59 Å². The van der Waals surface area contributed by atoms with Crippen LogP contribution in [-0.4, -0.2) is 32.3 Å². The summed E-state index contributed by atoms with van der Waals surface area (Å²) >= 11 is 1.30. The molecule has 31 heavy (non-hydrogen) atoms. The highest BCUT2D eigenvalue weighted by atomic mass is 32.2. The first kappa shape index (κ1) is 22.6. The van der Waals surface area contributed by atoms with Crippen LogP contribution < -0.4 is 10.6 Å². The van der Waals surface area contributed by atoms with Crippen molar-refractivity contribution in [3.63, 3.8) is 0 Å². The number of amides is 2. The van der Waals surface area contributed by atoms with Crippen molar-refractivity contribution in [1.82, 2.24) is 20.1 Å². The van der Waals surface area contributed by atoms with Gasteiger partial charge in [-0.05, 0) is 57.0 Å². The number of anilines is 1. The van der Waals surface area contributed by atoms with E-state index in [0.717, 1.165) is 22.4 Å². The van der Waals surface area contributed by atoms with Gasteiger partial charge in [0.05, 0.1) is 11.8 Å². The third-order valence-electron chi connectivity index (χ3n) is 4.92. The summed E-state index contributed by atoms with van der Waals surface area (Å²) in [5.74, 6) is 0.559. The smallest absolute Gasteiger partial charge is 0.251 e. The fourth-order valence-corrected chi connectivity index (χ4v) is 3.78. The molecule has 7 nitrogen and oxygen atoms in total. The van der Waals surface area contributed by atoms with Crippen LogP contribution in [0.1, 0.15) is 45.8 Å². The topological polar surface area (TPSA) is 88.9 Å². The summed E-state index contributed by atoms with van der Waals surface area (Å²) in [5.41, 5.74) is 4.62. The number of hydrogen-bond donors (Lipinski definition) is 2. The first-order valence-corrected chi connectivity index (χ1v) is 11.0. The van der Waals surface area contributed by atoms with E-state index in [1.165, 1.54) is 11.8 Å². The Morgan fingerprint density at radius 3 is 2.42 bits per heavy atom. The number of nitrogens with zero attached hydrogens (tertiary/aromatic N) is 3. The van der Waals surface area contributed by atoms with Gasteiger partial charge in [-0.25, -0.2) is 0 Å². The van der Waals surface area contributed by atoms with Crippen LogP contribution in [0, 0.1) is 20.8 Å². The van der Waals surface area contributed by atoms with Gasteiger partial charge in [-0.1, -0.05) is 41.6 Å². The largest absolute Gasteiger partial charge is 0.342 e. The van der Waals surface area contributed by atoms with Crippen LogP contribution in [0.5, 0.6) is 0 Å². The van der Waals surface area contributed by atoms with Crippen LogP contribution in [0.15, 0.2) is 47.6 Å². The second-order valence-electron chi connectivity index (χ2n) is 7.62. The summed E-state index contributed by atoms with van der Waals surface area (Å²) in [5, 5.41) is 14.9. The molecule has 0 unspecified atom stereocenters. The normalized spacial score (nSPS) is 11.8. The Kier molecular flexibility index (Phi) is 7.12. The zero-order chi connectivity index (χ0) is 22.5. The van der Waals surface area contributed by atoms with Gasteiger partial charge in [0.1, 0.15) is 0 Å². The molecule has 2 amide bonds. The molecule has 0 aliphatic carbocycles. The molecule has 162 valence electrons. The van der Waals surface area contributed by atoms with Crippen molar-refractivity contribution in [3.8, 4) is 0 Å². The van der Waals surface area contributed by atoms with Gasteiger partial charge >= 0.3 is 0 Å². The van der Waals surface area contributed by atoms with Crippen molar-refractivity contribution >= 4 is 29.3 Å². The molecule has 0 bridgehead atoms. The molecule has 8 heteroatoms. The summed E-state index contributed by atoms with van der Waals surface area (Å²) in [6, 6.07) is 13.0. The lowest BCUT2D eigenvalue weighted by molar-refractivity contribution is -0.113. The molecule has 1 aromatic heterocycles. The molecule has 3 rings (SSSR count). The average molecular weight is 438 g/mol. The molecule has 1 heterocycles. The molecular formula is C23H27N5O2S. The molecular weight excluding hydrogens is 410 g/mol. The Hall–Kier alpha value is -3.13. The number of carbonyl (C=O) groups excluding carboxylic acids is 2. The lowest BCUT2D eigenvalue weighted by atomic mass is 10.1. The first-order chi connectivity index (χ1) is 14.7. The minimum Gasteiger partial charge on any atom is -0.342 e. The van der Waals surface area contributed by atoms with Crippen LogP contribution in [0.25, 0.3) is 0 Å². The van der Waals surface area contributed by atoms with E-state index in [-0.39, 0.29) is 23.6 Å². The van der Waals surface area contributed by atoms with Gasteiger partial charge in [-0.3, -0.25) is 9.59 Å². The van der Waals surface area contributed by atoms with Gasteiger partial charge in [0.2, 0.25) is 5.91 Å². The third-order valence-corrected chi connectivity index (χ3v) is 5.94. The molecule has 0 saturated heterocycles. The quantitative estimate of drug-likeness (QED) is 0.546. The number of thioether (sulfide) groups is 1. The molecule has 3 aromatic rings. The predicted octanol–water partition coefficient (Wildman–Crippen LogP) is 3.96. The van der Waals surface area contributed by atoms with Crippen LogP contribution in [0.3, 0.4) is 0 Å².